The monoisotopic (exact) mass is 360 g/mol. The minimum absolute atomic E-state index is 0.230. The lowest BCUT2D eigenvalue weighted by molar-refractivity contribution is 0.0913. The number of benzene rings is 1. The Morgan fingerprint density at radius 1 is 1.12 bits per heavy atom. The maximum atomic E-state index is 12.1. The molecule has 25 heavy (non-hydrogen) atoms. The summed E-state index contributed by atoms with van der Waals surface area (Å²) in [7, 11) is 3.86. The topological polar surface area (TPSA) is 69.5 Å². The maximum Gasteiger partial charge on any atom is 0.305 e. The van der Waals surface area contributed by atoms with Gasteiger partial charge in [0.1, 0.15) is 5.76 Å². The third-order valence-corrected chi connectivity index (χ3v) is 3.69. The van der Waals surface area contributed by atoms with Crippen molar-refractivity contribution in [1.82, 2.24) is 15.8 Å². The number of hydrogen-bond acceptors (Lipinski definition) is 4. The number of nitrogens with one attached hydrogen (secondary N) is 3. The molecule has 0 aliphatic carbocycles. The van der Waals surface area contributed by atoms with Gasteiger partial charge in [-0.25, -0.2) is 0 Å². The van der Waals surface area contributed by atoms with Crippen LogP contribution in [0.2, 0.25) is 0 Å². The number of carbonyl (C=O) groups is 1. The minimum atomic E-state index is -0.385. The maximum absolute atomic E-state index is 12.1. The summed E-state index contributed by atoms with van der Waals surface area (Å²) in [5.74, 6) is 1.04. The Kier molecular flexibility index (Phi) is 6.55. The van der Waals surface area contributed by atoms with Crippen molar-refractivity contribution < 1.29 is 9.21 Å². The molecule has 0 radical (unpaired) electrons. The summed E-state index contributed by atoms with van der Waals surface area (Å²) in [6.07, 6.45) is 0. The summed E-state index contributed by atoms with van der Waals surface area (Å²) in [4.78, 5) is 14.0. The molecule has 2 rings (SSSR count). The number of rotatable bonds is 5. The first-order valence-corrected chi connectivity index (χ1v) is 8.46. The van der Waals surface area contributed by atoms with Gasteiger partial charge in [0.25, 0.3) is 0 Å². The van der Waals surface area contributed by atoms with Crippen LogP contribution in [0.1, 0.15) is 41.6 Å². The van der Waals surface area contributed by atoms with E-state index in [1.165, 1.54) is 5.56 Å². The van der Waals surface area contributed by atoms with Crippen molar-refractivity contribution in [1.29, 1.82) is 0 Å². The van der Waals surface area contributed by atoms with Crippen molar-refractivity contribution in [3.63, 3.8) is 0 Å². The summed E-state index contributed by atoms with van der Waals surface area (Å²) >= 11 is 5.18. The van der Waals surface area contributed by atoms with Gasteiger partial charge >= 0.3 is 5.91 Å². The highest BCUT2D eigenvalue weighted by Gasteiger charge is 2.11. The highest BCUT2D eigenvalue weighted by molar-refractivity contribution is 7.80. The van der Waals surface area contributed by atoms with Gasteiger partial charge in [0.05, 0.1) is 6.54 Å². The zero-order chi connectivity index (χ0) is 18.4. The third kappa shape index (κ3) is 5.88. The van der Waals surface area contributed by atoms with Gasteiger partial charge in [0.15, 0.2) is 10.9 Å². The zero-order valence-corrected chi connectivity index (χ0v) is 15.7. The Morgan fingerprint density at radius 3 is 2.40 bits per heavy atom. The molecule has 1 heterocycles. The van der Waals surface area contributed by atoms with Gasteiger partial charge in [-0.2, -0.15) is 0 Å². The number of thiocarbonyl (C=S) groups is 1. The van der Waals surface area contributed by atoms with E-state index in [0.717, 1.165) is 11.4 Å². The molecular weight excluding hydrogens is 336 g/mol. The number of furan rings is 1. The average molecular weight is 360 g/mol. The molecule has 3 N–H and O–H groups in total. The van der Waals surface area contributed by atoms with Crippen molar-refractivity contribution in [2.45, 2.75) is 26.3 Å². The molecule has 1 aromatic heterocycles. The van der Waals surface area contributed by atoms with Crippen LogP contribution in [0.15, 0.2) is 40.8 Å². The lowest BCUT2D eigenvalue weighted by Crippen LogP contribution is -2.43. The fraction of sp³-hybridized carbons (Fsp3) is 0.333. The molecule has 0 fully saturated rings. The van der Waals surface area contributed by atoms with E-state index in [9.17, 15) is 4.79 Å². The second-order valence-electron chi connectivity index (χ2n) is 6.31. The van der Waals surface area contributed by atoms with Crippen molar-refractivity contribution in [3.8, 4) is 0 Å². The minimum Gasteiger partial charge on any atom is -0.454 e. The molecular formula is C18H24N4O2S. The van der Waals surface area contributed by atoms with E-state index in [2.05, 4.69) is 30.0 Å². The quantitative estimate of drug-likeness (QED) is 0.562. The van der Waals surface area contributed by atoms with Crippen LogP contribution in [0.25, 0.3) is 0 Å². The number of anilines is 1. The van der Waals surface area contributed by atoms with Crippen molar-refractivity contribution in [3.05, 3.63) is 53.5 Å². The largest absolute Gasteiger partial charge is 0.454 e. The molecule has 0 unspecified atom stereocenters. The predicted molar refractivity (Wildman–Crippen MR) is 103 cm³/mol. The third-order valence-electron chi connectivity index (χ3n) is 3.48. The van der Waals surface area contributed by atoms with Gasteiger partial charge in [-0.1, -0.05) is 26.0 Å². The number of hydrogen-bond donors (Lipinski definition) is 3. The summed E-state index contributed by atoms with van der Waals surface area (Å²) in [5, 5.41) is 3.31. The summed E-state index contributed by atoms with van der Waals surface area (Å²) in [5.41, 5.74) is 7.29. The zero-order valence-electron chi connectivity index (χ0n) is 14.9. The van der Waals surface area contributed by atoms with E-state index < -0.39 is 0 Å². The molecule has 1 amide bonds. The molecule has 0 bridgehead atoms. The lowest BCUT2D eigenvalue weighted by Gasteiger charge is -2.12. The second kappa shape index (κ2) is 8.64. The van der Waals surface area contributed by atoms with Crippen LogP contribution < -0.4 is 16.2 Å². The first-order chi connectivity index (χ1) is 11.8. The number of hydrazine groups is 1. The van der Waals surface area contributed by atoms with E-state index in [-0.39, 0.29) is 11.7 Å². The predicted octanol–water partition coefficient (Wildman–Crippen LogP) is 3.10. The van der Waals surface area contributed by atoms with Gasteiger partial charge in [0.2, 0.25) is 0 Å². The van der Waals surface area contributed by atoms with E-state index >= 15 is 0 Å². The summed E-state index contributed by atoms with van der Waals surface area (Å²) in [6, 6.07) is 11.4. The first kappa shape index (κ1) is 19.0. The van der Waals surface area contributed by atoms with Crippen LogP contribution in [0, 0.1) is 0 Å². The average Bonchev–Trinajstić information content (AvgIpc) is 3.01. The molecule has 0 spiro atoms. The van der Waals surface area contributed by atoms with Gasteiger partial charge in [-0.15, -0.1) is 0 Å². The lowest BCUT2D eigenvalue weighted by atomic mass is 10.0. The molecule has 2 aromatic rings. The smallest absolute Gasteiger partial charge is 0.305 e. The molecule has 0 saturated heterocycles. The molecule has 1 aromatic carbocycles. The normalized spacial score (nSPS) is 10.8. The van der Waals surface area contributed by atoms with E-state index in [1.807, 2.05) is 43.3 Å². The van der Waals surface area contributed by atoms with Gasteiger partial charge < -0.3 is 14.6 Å². The van der Waals surface area contributed by atoms with Crippen LogP contribution in [0.3, 0.4) is 0 Å². The molecule has 0 aliphatic heterocycles. The molecule has 6 nitrogen and oxygen atoms in total. The molecule has 134 valence electrons. The van der Waals surface area contributed by atoms with E-state index in [0.29, 0.717) is 17.6 Å². The van der Waals surface area contributed by atoms with Crippen LogP contribution in [0.5, 0.6) is 0 Å². The van der Waals surface area contributed by atoms with Crippen molar-refractivity contribution >= 4 is 28.9 Å². The van der Waals surface area contributed by atoms with Crippen LogP contribution in [-0.4, -0.2) is 30.0 Å². The van der Waals surface area contributed by atoms with Crippen LogP contribution >= 0.6 is 12.2 Å². The number of carbonyl (C=O) groups excluding carboxylic acids is 1. The van der Waals surface area contributed by atoms with Gasteiger partial charge in [-0.05, 0) is 62.1 Å². The highest BCUT2D eigenvalue weighted by Crippen LogP contribution is 2.17. The summed E-state index contributed by atoms with van der Waals surface area (Å²) in [6.45, 7) is 4.92. The van der Waals surface area contributed by atoms with Crippen LogP contribution in [0.4, 0.5) is 5.69 Å². The van der Waals surface area contributed by atoms with Crippen molar-refractivity contribution in [2.24, 2.45) is 0 Å². The fourth-order valence-corrected chi connectivity index (χ4v) is 2.35. The molecule has 0 aliphatic rings. The standard InChI is InChI=1S/C18H24N4O2S/c1-12(2)13-5-7-14(8-6-13)19-18(25)21-20-17(23)16-10-9-15(24-16)11-22(3)4/h5-10,12H,11H2,1-4H3,(H,20,23)(H2,19,21,25). The Bertz CT molecular complexity index is 723. The number of nitrogens with zero attached hydrogens (tertiary/aromatic N) is 1. The Balaban J connectivity index is 1.82. The van der Waals surface area contributed by atoms with Gasteiger partial charge in [-0.3, -0.25) is 15.6 Å². The van der Waals surface area contributed by atoms with Crippen molar-refractivity contribution in [2.75, 3.05) is 19.4 Å². The second-order valence-corrected chi connectivity index (χ2v) is 6.72. The Morgan fingerprint density at radius 2 is 1.80 bits per heavy atom. The Hall–Kier alpha value is -2.38. The Labute approximate surface area is 153 Å². The molecule has 7 heteroatoms. The summed E-state index contributed by atoms with van der Waals surface area (Å²) < 4.78 is 5.48. The van der Waals surface area contributed by atoms with E-state index in [4.69, 9.17) is 16.6 Å². The fourth-order valence-electron chi connectivity index (χ4n) is 2.19. The van der Waals surface area contributed by atoms with Gasteiger partial charge in [0, 0.05) is 5.69 Å². The molecule has 0 atom stereocenters. The first-order valence-electron chi connectivity index (χ1n) is 8.06. The SMILES string of the molecule is CC(C)c1ccc(NC(=S)NNC(=O)c2ccc(CN(C)C)o2)cc1. The van der Waals surface area contributed by atoms with Crippen LogP contribution in [-0.2, 0) is 6.54 Å². The van der Waals surface area contributed by atoms with E-state index in [1.54, 1.807) is 12.1 Å². The highest BCUT2D eigenvalue weighted by atomic mass is 32.1. The molecule has 0 saturated carbocycles. The number of amides is 1.